The molecule has 0 aliphatic carbocycles. The maximum Gasteiger partial charge on any atom is 0.314 e. The van der Waals surface area contributed by atoms with Gasteiger partial charge in [-0.2, -0.15) is 5.26 Å². The van der Waals surface area contributed by atoms with Crippen LogP contribution in [0.3, 0.4) is 0 Å². The summed E-state index contributed by atoms with van der Waals surface area (Å²) in [5, 5.41) is 10.9. The van der Waals surface area contributed by atoms with E-state index in [2.05, 4.69) is 5.32 Å². The van der Waals surface area contributed by atoms with Gasteiger partial charge in [0.05, 0.1) is 18.4 Å². The number of carbonyl (C=O) groups excluding carboxylic acids is 2. The summed E-state index contributed by atoms with van der Waals surface area (Å²) in [5.41, 5.74) is 0.895. The molecular formula is C17H22N2O3. The molecule has 0 fully saturated rings. The van der Waals surface area contributed by atoms with Gasteiger partial charge in [0.15, 0.2) is 6.61 Å². The fourth-order valence-corrected chi connectivity index (χ4v) is 2.13. The van der Waals surface area contributed by atoms with Gasteiger partial charge in [0, 0.05) is 6.54 Å². The minimum Gasteiger partial charge on any atom is -0.455 e. The predicted octanol–water partition coefficient (Wildman–Crippen LogP) is 2.39. The molecule has 5 nitrogen and oxygen atoms in total. The third-order valence-electron chi connectivity index (χ3n) is 3.53. The third-order valence-corrected chi connectivity index (χ3v) is 3.53. The van der Waals surface area contributed by atoms with E-state index >= 15 is 0 Å². The second-order valence-electron chi connectivity index (χ2n) is 5.14. The van der Waals surface area contributed by atoms with Crippen molar-refractivity contribution in [3.05, 3.63) is 35.9 Å². The van der Waals surface area contributed by atoms with Crippen molar-refractivity contribution in [3.63, 3.8) is 0 Å². The molecule has 1 aromatic rings. The van der Waals surface area contributed by atoms with E-state index in [0.717, 1.165) is 12.0 Å². The Bertz CT molecular complexity index is 522. The first kappa shape index (κ1) is 17.7. The molecule has 5 heteroatoms. The van der Waals surface area contributed by atoms with Crippen LogP contribution in [0.1, 0.15) is 38.2 Å². The van der Waals surface area contributed by atoms with Gasteiger partial charge in [-0.15, -0.1) is 0 Å². The van der Waals surface area contributed by atoms with E-state index in [1.54, 1.807) is 0 Å². The van der Waals surface area contributed by atoms with Crippen molar-refractivity contribution >= 4 is 11.9 Å². The summed E-state index contributed by atoms with van der Waals surface area (Å²) in [4.78, 5) is 23.8. The van der Waals surface area contributed by atoms with Crippen molar-refractivity contribution in [1.82, 2.24) is 5.32 Å². The fourth-order valence-electron chi connectivity index (χ4n) is 2.13. The summed E-state index contributed by atoms with van der Waals surface area (Å²) >= 11 is 0. The van der Waals surface area contributed by atoms with Gasteiger partial charge in [-0.1, -0.05) is 50.6 Å². The van der Waals surface area contributed by atoms with Crippen LogP contribution in [0.15, 0.2) is 30.3 Å². The molecule has 0 aliphatic rings. The number of nitrogens with zero attached hydrogens (tertiary/aromatic N) is 1. The van der Waals surface area contributed by atoms with Crippen LogP contribution in [0.5, 0.6) is 0 Å². The molecule has 1 rings (SSSR count). The van der Waals surface area contributed by atoms with E-state index in [9.17, 15) is 9.59 Å². The highest BCUT2D eigenvalue weighted by Crippen LogP contribution is 2.28. The van der Waals surface area contributed by atoms with Crippen molar-refractivity contribution in [3.8, 4) is 6.07 Å². The Labute approximate surface area is 131 Å². The Kier molecular flexibility index (Phi) is 7.69. The van der Waals surface area contributed by atoms with Crippen LogP contribution in [-0.2, 0) is 14.3 Å². The van der Waals surface area contributed by atoms with Gasteiger partial charge in [-0.3, -0.25) is 9.59 Å². The normalized spacial score (nSPS) is 12.8. The lowest BCUT2D eigenvalue weighted by Gasteiger charge is -2.21. The zero-order valence-electron chi connectivity index (χ0n) is 13.0. The number of hydrogen-bond donors (Lipinski definition) is 1. The SMILES string of the molecule is CC[C@@H](C)[C@H](C(=O)OCC(=O)NCCC#N)c1ccccc1. The minimum atomic E-state index is -0.393. The number of nitrogens with one attached hydrogen (secondary N) is 1. The second-order valence-corrected chi connectivity index (χ2v) is 5.14. The first-order valence-electron chi connectivity index (χ1n) is 7.45. The summed E-state index contributed by atoms with van der Waals surface area (Å²) < 4.78 is 5.14. The molecule has 1 aromatic carbocycles. The lowest BCUT2D eigenvalue weighted by atomic mass is 9.86. The molecule has 0 aromatic heterocycles. The average molecular weight is 302 g/mol. The van der Waals surface area contributed by atoms with Gasteiger partial charge in [0.25, 0.3) is 5.91 Å². The van der Waals surface area contributed by atoms with Crippen molar-refractivity contribution in [1.29, 1.82) is 5.26 Å². The van der Waals surface area contributed by atoms with E-state index in [1.807, 2.05) is 50.2 Å². The number of ether oxygens (including phenoxy) is 1. The topological polar surface area (TPSA) is 79.2 Å². The van der Waals surface area contributed by atoms with Crippen LogP contribution < -0.4 is 5.32 Å². The van der Waals surface area contributed by atoms with Crippen LogP contribution in [-0.4, -0.2) is 25.0 Å². The number of benzene rings is 1. The number of esters is 1. The summed E-state index contributed by atoms with van der Waals surface area (Å²) in [5.74, 6) is -1.04. The molecule has 1 N–H and O–H groups in total. The number of nitriles is 1. The minimum absolute atomic E-state index is 0.122. The molecule has 0 saturated heterocycles. The molecule has 0 bridgehead atoms. The Hall–Kier alpha value is -2.35. The zero-order chi connectivity index (χ0) is 16.4. The molecule has 0 heterocycles. The maximum atomic E-state index is 12.3. The van der Waals surface area contributed by atoms with Gasteiger partial charge in [-0.05, 0) is 11.5 Å². The van der Waals surface area contributed by atoms with Crippen molar-refractivity contribution in [2.75, 3.05) is 13.2 Å². The fraction of sp³-hybridized carbons (Fsp3) is 0.471. The smallest absolute Gasteiger partial charge is 0.314 e. The molecule has 0 radical (unpaired) electrons. The number of carbonyl (C=O) groups is 2. The Morgan fingerprint density at radius 3 is 2.59 bits per heavy atom. The number of rotatable bonds is 8. The number of hydrogen-bond acceptors (Lipinski definition) is 4. The number of amides is 1. The molecule has 118 valence electrons. The third kappa shape index (κ3) is 5.57. The molecule has 22 heavy (non-hydrogen) atoms. The zero-order valence-corrected chi connectivity index (χ0v) is 13.0. The van der Waals surface area contributed by atoms with Crippen LogP contribution in [0, 0.1) is 17.2 Å². The summed E-state index contributed by atoms with van der Waals surface area (Å²) in [6, 6.07) is 11.4. The van der Waals surface area contributed by atoms with Gasteiger partial charge < -0.3 is 10.1 Å². The van der Waals surface area contributed by atoms with Crippen LogP contribution in [0.25, 0.3) is 0 Å². The Balaban J connectivity index is 2.62. The predicted molar refractivity (Wildman–Crippen MR) is 82.8 cm³/mol. The Morgan fingerprint density at radius 2 is 2.00 bits per heavy atom. The highest BCUT2D eigenvalue weighted by atomic mass is 16.5. The molecular weight excluding hydrogens is 280 g/mol. The highest BCUT2D eigenvalue weighted by molar-refractivity contribution is 5.83. The van der Waals surface area contributed by atoms with Crippen LogP contribution in [0.2, 0.25) is 0 Å². The van der Waals surface area contributed by atoms with Crippen LogP contribution in [0.4, 0.5) is 0 Å². The van der Waals surface area contributed by atoms with E-state index in [-0.39, 0.29) is 37.3 Å². The monoisotopic (exact) mass is 302 g/mol. The first-order chi connectivity index (χ1) is 10.6. The molecule has 1 amide bonds. The lowest BCUT2D eigenvalue weighted by Crippen LogP contribution is -2.31. The molecule has 0 aliphatic heterocycles. The Morgan fingerprint density at radius 1 is 1.32 bits per heavy atom. The average Bonchev–Trinajstić information content (AvgIpc) is 2.54. The summed E-state index contributed by atoms with van der Waals surface area (Å²) in [6.07, 6.45) is 1.07. The van der Waals surface area contributed by atoms with Crippen LogP contribution >= 0.6 is 0 Å². The van der Waals surface area contributed by atoms with Crippen molar-refractivity contribution in [2.45, 2.75) is 32.6 Å². The van der Waals surface area contributed by atoms with Gasteiger partial charge >= 0.3 is 5.97 Å². The van der Waals surface area contributed by atoms with E-state index in [0.29, 0.717) is 0 Å². The summed E-state index contributed by atoms with van der Waals surface area (Å²) in [6.45, 7) is 3.96. The van der Waals surface area contributed by atoms with Crippen molar-refractivity contribution in [2.24, 2.45) is 5.92 Å². The lowest BCUT2D eigenvalue weighted by molar-refractivity contribution is -0.151. The largest absolute Gasteiger partial charge is 0.455 e. The molecule has 0 saturated carbocycles. The first-order valence-corrected chi connectivity index (χ1v) is 7.45. The van der Waals surface area contributed by atoms with Gasteiger partial charge in [0.2, 0.25) is 0 Å². The molecule has 0 spiro atoms. The maximum absolute atomic E-state index is 12.3. The van der Waals surface area contributed by atoms with E-state index in [1.165, 1.54) is 0 Å². The second kappa shape index (κ2) is 9.56. The molecule has 0 unspecified atom stereocenters. The summed E-state index contributed by atoms with van der Waals surface area (Å²) in [7, 11) is 0. The standard InChI is InChI=1S/C17H22N2O3/c1-3-13(2)16(14-8-5-4-6-9-14)17(21)22-12-15(20)19-11-7-10-18/h4-6,8-9,13,16H,3,7,11-12H2,1-2H3,(H,19,20)/t13-,16+/m1/s1. The van der Waals surface area contributed by atoms with E-state index < -0.39 is 5.97 Å². The quantitative estimate of drug-likeness (QED) is 0.590. The van der Waals surface area contributed by atoms with E-state index in [4.69, 9.17) is 10.00 Å². The molecule has 2 atom stereocenters. The van der Waals surface area contributed by atoms with Gasteiger partial charge in [0.1, 0.15) is 0 Å². The highest BCUT2D eigenvalue weighted by Gasteiger charge is 2.27. The van der Waals surface area contributed by atoms with Gasteiger partial charge in [-0.25, -0.2) is 0 Å². The van der Waals surface area contributed by atoms with Crippen molar-refractivity contribution < 1.29 is 14.3 Å².